The van der Waals surface area contributed by atoms with Crippen LogP contribution >= 0.6 is 27.5 Å². The molecule has 2 aromatic rings. The number of hydrogen-bond donors (Lipinski definition) is 1. The average Bonchev–Trinajstić information content (AvgIpc) is 2.69. The van der Waals surface area contributed by atoms with Crippen LogP contribution in [0.5, 0.6) is 0 Å². The monoisotopic (exact) mass is 480 g/mol. The SMILES string of the molecule is Cc1ccc(NC(=O)C(C)N2CCN(c3ccc(Cl)cc3[N+](=O)[O-])CC2)c(Br)c1. The quantitative estimate of drug-likeness (QED) is 0.503. The van der Waals surface area contributed by atoms with E-state index in [1.807, 2.05) is 36.9 Å². The van der Waals surface area contributed by atoms with E-state index in [1.54, 1.807) is 12.1 Å². The van der Waals surface area contributed by atoms with Crippen LogP contribution in [0.1, 0.15) is 12.5 Å². The number of rotatable bonds is 5. The maximum Gasteiger partial charge on any atom is 0.294 e. The van der Waals surface area contributed by atoms with Gasteiger partial charge in [0.15, 0.2) is 0 Å². The van der Waals surface area contributed by atoms with Gasteiger partial charge >= 0.3 is 0 Å². The van der Waals surface area contributed by atoms with Crippen LogP contribution in [-0.4, -0.2) is 48.0 Å². The summed E-state index contributed by atoms with van der Waals surface area (Å²) in [5, 5.41) is 14.7. The number of anilines is 2. The predicted octanol–water partition coefficient (Wildman–Crippen LogP) is 4.47. The van der Waals surface area contributed by atoms with E-state index in [0.717, 1.165) is 15.7 Å². The van der Waals surface area contributed by atoms with E-state index in [1.165, 1.54) is 6.07 Å². The highest BCUT2D eigenvalue weighted by Gasteiger charge is 2.28. The van der Waals surface area contributed by atoms with Crippen LogP contribution in [0.15, 0.2) is 40.9 Å². The number of nitrogens with zero attached hydrogens (tertiary/aromatic N) is 3. The van der Waals surface area contributed by atoms with Crippen molar-refractivity contribution < 1.29 is 9.72 Å². The number of aryl methyl sites for hydroxylation is 1. The van der Waals surface area contributed by atoms with E-state index in [4.69, 9.17) is 11.6 Å². The van der Waals surface area contributed by atoms with Crippen LogP contribution in [0.2, 0.25) is 5.02 Å². The number of hydrogen-bond acceptors (Lipinski definition) is 5. The highest BCUT2D eigenvalue weighted by molar-refractivity contribution is 9.10. The van der Waals surface area contributed by atoms with E-state index in [2.05, 4.69) is 26.1 Å². The largest absolute Gasteiger partial charge is 0.363 e. The summed E-state index contributed by atoms with van der Waals surface area (Å²) in [5.41, 5.74) is 2.40. The Labute approximate surface area is 182 Å². The smallest absolute Gasteiger partial charge is 0.294 e. The molecule has 154 valence electrons. The molecule has 1 aliphatic heterocycles. The molecule has 7 nitrogen and oxygen atoms in total. The van der Waals surface area contributed by atoms with Gasteiger partial charge in [-0.25, -0.2) is 0 Å². The number of amides is 1. The minimum atomic E-state index is -0.414. The van der Waals surface area contributed by atoms with Crippen LogP contribution in [0.4, 0.5) is 17.1 Å². The van der Waals surface area contributed by atoms with Crippen molar-refractivity contribution in [2.45, 2.75) is 19.9 Å². The minimum absolute atomic E-state index is 0.000891. The van der Waals surface area contributed by atoms with Crippen molar-refractivity contribution in [3.05, 3.63) is 61.6 Å². The average molecular weight is 482 g/mol. The summed E-state index contributed by atoms with van der Waals surface area (Å²) in [6.45, 7) is 6.30. The molecule has 1 unspecified atom stereocenters. The molecule has 29 heavy (non-hydrogen) atoms. The number of benzene rings is 2. The van der Waals surface area contributed by atoms with Gasteiger partial charge in [-0.15, -0.1) is 0 Å². The van der Waals surface area contributed by atoms with Gasteiger partial charge in [0.1, 0.15) is 5.69 Å². The Hall–Kier alpha value is -2.16. The van der Waals surface area contributed by atoms with Crippen LogP contribution < -0.4 is 10.2 Å². The molecule has 1 saturated heterocycles. The lowest BCUT2D eigenvalue weighted by Gasteiger charge is -2.38. The number of piperazine rings is 1. The number of nitrogens with one attached hydrogen (secondary N) is 1. The van der Waals surface area contributed by atoms with Gasteiger partial charge in [-0.2, -0.15) is 0 Å². The second kappa shape index (κ2) is 9.11. The summed E-state index contributed by atoms with van der Waals surface area (Å²) in [6, 6.07) is 10.2. The van der Waals surface area contributed by atoms with Crippen molar-refractivity contribution in [1.29, 1.82) is 0 Å². The van der Waals surface area contributed by atoms with Gasteiger partial charge < -0.3 is 10.2 Å². The van der Waals surface area contributed by atoms with Crippen molar-refractivity contribution >= 4 is 50.5 Å². The third-order valence-corrected chi connectivity index (χ3v) is 5.99. The second-order valence-corrected chi connectivity index (χ2v) is 8.35. The zero-order chi connectivity index (χ0) is 21.1. The highest BCUT2D eigenvalue weighted by atomic mass is 79.9. The zero-order valence-corrected chi connectivity index (χ0v) is 18.5. The molecule has 1 atom stereocenters. The van der Waals surface area contributed by atoms with E-state index < -0.39 is 4.92 Å². The molecule has 9 heteroatoms. The van der Waals surface area contributed by atoms with E-state index in [0.29, 0.717) is 36.9 Å². The van der Waals surface area contributed by atoms with Gasteiger partial charge in [0.2, 0.25) is 5.91 Å². The molecule has 0 aliphatic carbocycles. The molecule has 1 heterocycles. The Morgan fingerprint density at radius 2 is 1.90 bits per heavy atom. The fraction of sp³-hybridized carbons (Fsp3) is 0.350. The van der Waals surface area contributed by atoms with Crippen molar-refractivity contribution in [1.82, 2.24) is 4.90 Å². The lowest BCUT2D eigenvalue weighted by Crippen LogP contribution is -2.53. The lowest BCUT2D eigenvalue weighted by molar-refractivity contribution is -0.384. The molecule has 0 aromatic heterocycles. The Morgan fingerprint density at radius 3 is 2.52 bits per heavy atom. The molecule has 2 aromatic carbocycles. The van der Waals surface area contributed by atoms with Gasteiger partial charge in [-0.3, -0.25) is 19.8 Å². The first-order valence-corrected chi connectivity index (χ1v) is 10.4. The Morgan fingerprint density at radius 1 is 1.21 bits per heavy atom. The molecule has 0 saturated carbocycles. The van der Waals surface area contributed by atoms with Gasteiger partial charge in [-0.1, -0.05) is 17.7 Å². The van der Waals surface area contributed by atoms with Gasteiger partial charge in [0.05, 0.1) is 16.7 Å². The number of halogens is 2. The molecule has 0 radical (unpaired) electrons. The summed E-state index contributed by atoms with van der Waals surface area (Å²) < 4.78 is 0.845. The maximum absolute atomic E-state index is 12.7. The zero-order valence-electron chi connectivity index (χ0n) is 16.2. The fourth-order valence-corrected chi connectivity index (χ4v) is 4.14. The van der Waals surface area contributed by atoms with Crippen molar-refractivity contribution in [2.75, 3.05) is 36.4 Å². The Balaban J connectivity index is 1.63. The summed E-state index contributed by atoms with van der Waals surface area (Å²) in [5.74, 6) is -0.0829. The lowest BCUT2D eigenvalue weighted by atomic mass is 10.1. The third-order valence-electron chi connectivity index (χ3n) is 5.10. The highest BCUT2D eigenvalue weighted by Crippen LogP contribution is 2.32. The molecule has 3 rings (SSSR count). The van der Waals surface area contributed by atoms with Gasteiger partial charge in [-0.05, 0) is 59.6 Å². The number of carbonyl (C=O) groups excluding carboxylic acids is 1. The first-order valence-electron chi connectivity index (χ1n) is 9.26. The van der Waals surface area contributed by atoms with Crippen molar-refractivity contribution in [2.24, 2.45) is 0 Å². The Bertz CT molecular complexity index is 932. The van der Waals surface area contributed by atoms with Crippen LogP contribution in [0.25, 0.3) is 0 Å². The molecule has 1 aliphatic rings. The van der Waals surface area contributed by atoms with E-state index in [9.17, 15) is 14.9 Å². The van der Waals surface area contributed by atoms with Crippen molar-refractivity contribution in [3.8, 4) is 0 Å². The molecular weight excluding hydrogens is 460 g/mol. The van der Waals surface area contributed by atoms with Gasteiger partial charge in [0, 0.05) is 41.7 Å². The number of carbonyl (C=O) groups is 1. The molecule has 1 amide bonds. The number of nitro benzene ring substituents is 1. The van der Waals surface area contributed by atoms with Gasteiger partial charge in [0.25, 0.3) is 5.69 Å². The van der Waals surface area contributed by atoms with Crippen molar-refractivity contribution in [3.63, 3.8) is 0 Å². The van der Waals surface area contributed by atoms with E-state index in [-0.39, 0.29) is 17.6 Å². The normalized spacial score (nSPS) is 15.8. The second-order valence-electron chi connectivity index (χ2n) is 7.06. The van der Waals surface area contributed by atoms with E-state index >= 15 is 0 Å². The molecule has 1 fully saturated rings. The minimum Gasteiger partial charge on any atom is -0.363 e. The molecular formula is C20H22BrClN4O3. The standard InChI is InChI=1S/C20H22BrClN4O3/c1-13-3-5-17(16(21)11-13)23-20(27)14(2)24-7-9-25(10-8-24)18-6-4-15(22)12-19(18)26(28)29/h3-6,11-12,14H,7-10H2,1-2H3,(H,23,27). The number of nitro groups is 1. The summed E-state index contributed by atoms with van der Waals surface area (Å²) in [7, 11) is 0. The summed E-state index contributed by atoms with van der Waals surface area (Å²) in [6.07, 6.45) is 0. The predicted molar refractivity (Wildman–Crippen MR) is 119 cm³/mol. The third kappa shape index (κ3) is 5.07. The summed E-state index contributed by atoms with van der Waals surface area (Å²) >= 11 is 9.39. The Kier molecular flexibility index (Phi) is 6.77. The fourth-order valence-electron chi connectivity index (χ4n) is 3.38. The summed E-state index contributed by atoms with van der Waals surface area (Å²) in [4.78, 5) is 27.7. The molecule has 0 spiro atoms. The van der Waals surface area contributed by atoms with Crippen LogP contribution in [-0.2, 0) is 4.79 Å². The molecule has 0 bridgehead atoms. The first-order chi connectivity index (χ1) is 13.8. The maximum atomic E-state index is 12.7. The first kappa shape index (κ1) is 21.5. The topological polar surface area (TPSA) is 78.7 Å². The molecule has 1 N–H and O–H groups in total. The van der Waals surface area contributed by atoms with Crippen LogP contribution in [0, 0.1) is 17.0 Å². The van der Waals surface area contributed by atoms with Crippen LogP contribution in [0.3, 0.4) is 0 Å².